The lowest BCUT2D eigenvalue weighted by Crippen LogP contribution is -2.43. The van der Waals surface area contributed by atoms with Crippen LogP contribution in [0.5, 0.6) is 5.75 Å². The summed E-state index contributed by atoms with van der Waals surface area (Å²) in [4.78, 5) is 6.90. The molecule has 1 unspecified atom stereocenters. The number of likely N-dealkylation sites (tertiary alicyclic amines) is 1. The molecule has 1 aliphatic rings. The quantitative estimate of drug-likeness (QED) is 0.549. The molecule has 27 heavy (non-hydrogen) atoms. The third-order valence-electron chi connectivity index (χ3n) is 4.96. The number of nitrogens with zero attached hydrogens (tertiary/aromatic N) is 4. The van der Waals surface area contributed by atoms with Crippen molar-refractivity contribution in [2.75, 3.05) is 40.3 Å². The van der Waals surface area contributed by atoms with Crippen molar-refractivity contribution in [1.82, 2.24) is 25.3 Å². The largest absolute Gasteiger partial charge is 0.497 e. The lowest BCUT2D eigenvalue weighted by molar-refractivity contribution is 0.245. The van der Waals surface area contributed by atoms with E-state index in [1.807, 2.05) is 36.1 Å². The van der Waals surface area contributed by atoms with Crippen LogP contribution in [0.4, 0.5) is 0 Å². The smallest absolute Gasteiger partial charge is 0.191 e. The van der Waals surface area contributed by atoms with Crippen molar-refractivity contribution in [3.05, 3.63) is 48.3 Å². The summed E-state index contributed by atoms with van der Waals surface area (Å²) in [6, 6.07) is 10.7. The first-order valence-corrected chi connectivity index (χ1v) is 9.60. The highest BCUT2D eigenvalue weighted by Crippen LogP contribution is 2.26. The minimum Gasteiger partial charge on any atom is -0.497 e. The number of aromatic nitrogens is 2. The van der Waals surface area contributed by atoms with Gasteiger partial charge in [-0.3, -0.25) is 14.6 Å². The van der Waals surface area contributed by atoms with E-state index in [2.05, 4.69) is 37.8 Å². The van der Waals surface area contributed by atoms with Gasteiger partial charge in [-0.1, -0.05) is 12.1 Å². The highest BCUT2D eigenvalue weighted by molar-refractivity contribution is 5.79. The molecule has 3 rings (SSSR count). The zero-order valence-corrected chi connectivity index (χ0v) is 16.3. The number of aliphatic imine (C=N–C) groups is 1. The maximum Gasteiger partial charge on any atom is 0.191 e. The number of methoxy groups -OCH3 is 1. The summed E-state index contributed by atoms with van der Waals surface area (Å²) in [6.07, 6.45) is 6.29. The van der Waals surface area contributed by atoms with Crippen molar-refractivity contribution in [2.45, 2.75) is 25.4 Å². The number of guanidine groups is 1. The molecule has 2 aromatic rings. The minimum atomic E-state index is 0.322. The molecule has 2 heterocycles. The standard InChI is InChI=1S/C20H30N6O/c1-21-20(22-11-15-26-14-5-10-24-26)23-16-19(25-12-3-4-13-25)17-6-8-18(27-2)9-7-17/h5-10,14,19H,3-4,11-13,15-16H2,1-2H3,(H2,21,22,23). The van der Waals surface area contributed by atoms with Crippen LogP contribution in [0.25, 0.3) is 0 Å². The van der Waals surface area contributed by atoms with Crippen LogP contribution < -0.4 is 15.4 Å². The molecule has 0 amide bonds. The normalized spacial score (nSPS) is 16.3. The first-order chi connectivity index (χ1) is 13.3. The molecule has 1 aromatic carbocycles. The lowest BCUT2D eigenvalue weighted by Gasteiger charge is -2.29. The summed E-state index contributed by atoms with van der Waals surface area (Å²) in [5.74, 6) is 1.71. The van der Waals surface area contributed by atoms with Gasteiger partial charge in [-0.05, 0) is 49.7 Å². The summed E-state index contributed by atoms with van der Waals surface area (Å²) in [5.41, 5.74) is 1.30. The molecule has 1 aliphatic heterocycles. The zero-order valence-electron chi connectivity index (χ0n) is 16.3. The number of hydrogen-bond donors (Lipinski definition) is 2. The number of ether oxygens (including phenoxy) is 1. The summed E-state index contributed by atoms with van der Waals surface area (Å²) in [5, 5.41) is 11.1. The molecule has 1 atom stereocenters. The van der Waals surface area contributed by atoms with E-state index < -0.39 is 0 Å². The van der Waals surface area contributed by atoms with Crippen LogP contribution in [0.3, 0.4) is 0 Å². The van der Waals surface area contributed by atoms with Crippen molar-refractivity contribution in [3.63, 3.8) is 0 Å². The van der Waals surface area contributed by atoms with Crippen molar-refractivity contribution < 1.29 is 4.74 Å². The molecule has 1 fully saturated rings. The predicted octanol–water partition coefficient (Wildman–Crippen LogP) is 1.89. The van der Waals surface area contributed by atoms with Gasteiger partial charge in [-0.25, -0.2) is 0 Å². The van der Waals surface area contributed by atoms with E-state index in [0.29, 0.717) is 6.04 Å². The zero-order chi connectivity index (χ0) is 18.9. The average molecular weight is 371 g/mol. The van der Waals surface area contributed by atoms with Gasteiger partial charge in [-0.2, -0.15) is 5.10 Å². The van der Waals surface area contributed by atoms with Crippen LogP contribution in [-0.4, -0.2) is 61.0 Å². The van der Waals surface area contributed by atoms with E-state index in [-0.39, 0.29) is 0 Å². The molecule has 1 saturated heterocycles. The van der Waals surface area contributed by atoms with Crippen molar-refractivity contribution in [1.29, 1.82) is 0 Å². The van der Waals surface area contributed by atoms with E-state index in [1.165, 1.54) is 18.4 Å². The van der Waals surface area contributed by atoms with Crippen molar-refractivity contribution >= 4 is 5.96 Å². The average Bonchev–Trinajstić information content (AvgIpc) is 3.41. The number of rotatable bonds is 8. The van der Waals surface area contributed by atoms with Gasteiger partial charge in [0.15, 0.2) is 5.96 Å². The Bertz CT molecular complexity index is 692. The monoisotopic (exact) mass is 370 g/mol. The van der Waals surface area contributed by atoms with E-state index in [0.717, 1.165) is 44.4 Å². The van der Waals surface area contributed by atoms with Crippen molar-refractivity contribution in [2.24, 2.45) is 4.99 Å². The third-order valence-corrected chi connectivity index (χ3v) is 4.96. The lowest BCUT2D eigenvalue weighted by atomic mass is 10.1. The predicted molar refractivity (Wildman–Crippen MR) is 108 cm³/mol. The molecule has 0 bridgehead atoms. The van der Waals surface area contributed by atoms with Gasteiger partial charge in [0.25, 0.3) is 0 Å². The second-order valence-electron chi connectivity index (χ2n) is 6.68. The SMILES string of the molecule is CN=C(NCCn1cccn1)NCC(c1ccc(OC)cc1)N1CCCC1. The van der Waals surface area contributed by atoms with Gasteiger partial charge >= 0.3 is 0 Å². The molecule has 0 radical (unpaired) electrons. The van der Waals surface area contributed by atoms with Gasteiger partial charge < -0.3 is 15.4 Å². The fourth-order valence-corrected chi connectivity index (χ4v) is 3.47. The Balaban J connectivity index is 1.57. The molecule has 146 valence electrons. The van der Waals surface area contributed by atoms with Gasteiger partial charge in [0, 0.05) is 32.5 Å². The van der Waals surface area contributed by atoms with Gasteiger partial charge in [0.2, 0.25) is 0 Å². The Morgan fingerprint density at radius 2 is 2.00 bits per heavy atom. The first-order valence-electron chi connectivity index (χ1n) is 9.60. The second kappa shape index (κ2) is 9.97. The fourth-order valence-electron chi connectivity index (χ4n) is 3.47. The summed E-state index contributed by atoms with van der Waals surface area (Å²) in [6.45, 7) is 4.68. The third kappa shape index (κ3) is 5.47. The molecular formula is C20H30N6O. The molecule has 0 spiro atoms. The molecule has 7 heteroatoms. The van der Waals surface area contributed by atoms with Gasteiger partial charge in [0.05, 0.1) is 19.7 Å². The number of nitrogens with one attached hydrogen (secondary N) is 2. The van der Waals surface area contributed by atoms with Gasteiger partial charge in [0.1, 0.15) is 5.75 Å². The second-order valence-corrected chi connectivity index (χ2v) is 6.68. The highest BCUT2D eigenvalue weighted by atomic mass is 16.5. The Morgan fingerprint density at radius 3 is 2.63 bits per heavy atom. The number of hydrogen-bond acceptors (Lipinski definition) is 4. The maximum atomic E-state index is 5.30. The first kappa shape index (κ1) is 19.2. The van der Waals surface area contributed by atoms with E-state index in [1.54, 1.807) is 13.3 Å². The Morgan fingerprint density at radius 1 is 1.22 bits per heavy atom. The molecule has 0 aliphatic carbocycles. The fraction of sp³-hybridized carbons (Fsp3) is 0.500. The Kier molecular flexibility index (Phi) is 7.10. The summed E-state index contributed by atoms with van der Waals surface area (Å²) >= 11 is 0. The van der Waals surface area contributed by atoms with Gasteiger partial charge in [-0.15, -0.1) is 0 Å². The maximum absolute atomic E-state index is 5.30. The number of benzene rings is 1. The molecule has 7 nitrogen and oxygen atoms in total. The van der Waals surface area contributed by atoms with Crippen LogP contribution >= 0.6 is 0 Å². The minimum absolute atomic E-state index is 0.322. The Labute approximate surface area is 161 Å². The van der Waals surface area contributed by atoms with Crippen LogP contribution in [-0.2, 0) is 6.54 Å². The molecule has 1 aromatic heterocycles. The van der Waals surface area contributed by atoms with E-state index >= 15 is 0 Å². The van der Waals surface area contributed by atoms with E-state index in [9.17, 15) is 0 Å². The Hall–Kier alpha value is -2.54. The van der Waals surface area contributed by atoms with Crippen molar-refractivity contribution in [3.8, 4) is 5.75 Å². The molecular weight excluding hydrogens is 340 g/mol. The molecule has 0 saturated carbocycles. The highest BCUT2D eigenvalue weighted by Gasteiger charge is 2.23. The summed E-state index contributed by atoms with van der Waals surface area (Å²) < 4.78 is 7.21. The molecule has 2 N–H and O–H groups in total. The van der Waals surface area contributed by atoms with Crippen LogP contribution in [0.1, 0.15) is 24.4 Å². The summed E-state index contributed by atoms with van der Waals surface area (Å²) in [7, 11) is 3.51. The van der Waals surface area contributed by atoms with Crippen LogP contribution in [0.15, 0.2) is 47.7 Å². The van der Waals surface area contributed by atoms with Crippen LogP contribution in [0, 0.1) is 0 Å². The van der Waals surface area contributed by atoms with Crippen LogP contribution in [0.2, 0.25) is 0 Å². The topological polar surface area (TPSA) is 66.7 Å². The van der Waals surface area contributed by atoms with E-state index in [4.69, 9.17) is 4.74 Å².